The van der Waals surface area contributed by atoms with Crippen LogP contribution in [0.4, 0.5) is 5.69 Å². The van der Waals surface area contributed by atoms with E-state index in [1.807, 2.05) is 24.3 Å². The van der Waals surface area contributed by atoms with Gasteiger partial charge >= 0.3 is 0 Å². The van der Waals surface area contributed by atoms with E-state index in [0.29, 0.717) is 32.4 Å². The van der Waals surface area contributed by atoms with E-state index in [1.54, 1.807) is 30.3 Å². The van der Waals surface area contributed by atoms with E-state index in [-0.39, 0.29) is 11.8 Å². The first kappa shape index (κ1) is 19.7. The number of thioether (sulfide) groups is 1. The highest BCUT2D eigenvalue weighted by Crippen LogP contribution is 2.29. The number of carbonyl (C=O) groups excluding carboxylic acids is 2. The molecule has 1 aliphatic heterocycles. The van der Waals surface area contributed by atoms with Crippen molar-refractivity contribution in [2.75, 3.05) is 5.32 Å². The Morgan fingerprint density at radius 1 is 1.17 bits per heavy atom. The minimum absolute atomic E-state index is 0.141. The Bertz CT molecular complexity index is 1010. The molecular formula is C22H20ClN3O2S. The van der Waals surface area contributed by atoms with Crippen LogP contribution in [-0.4, -0.2) is 23.0 Å². The van der Waals surface area contributed by atoms with Crippen LogP contribution >= 0.6 is 23.4 Å². The second kappa shape index (κ2) is 8.84. The van der Waals surface area contributed by atoms with Crippen molar-refractivity contribution in [2.24, 2.45) is 4.99 Å². The largest absolute Gasteiger partial charge is 0.322 e. The normalized spacial score (nSPS) is 19.7. The topological polar surface area (TPSA) is 70.6 Å². The van der Waals surface area contributed by atoms with Crippen LogP contribution in [0.15, 0.2) is 58.4 Å². The Labute approximate surface area is 178 Å². The van der Waals surface area contributed by atoms with Crippen LogP contribution < -0.4 is 10.6 Å². The summed E-state index contributed by atoms with van der Waals surface area (Å²) < 4.78 is 0. The predicted octanol–water partition coefficient (Wildman–Crippen LogP) is 5.09. The van der Waals surface area contributed by atoms with Gasteiger partial charge in [0.05, 0.1) is 21.5 Å². The fourth-order valence-corrected chi connectivity index (χ4v) is 4.50. The zero-order valence-electron chi connectivity index (χ0n) is 15.7. The molecule has 2 aromatic rings. The van der Waals surface area contributed by atoms with Crippen LogP contribution in [0.1, 0.15) is 41.6 Å². The summed E-state index contributed by atoms with van der Waals surface area (Å²) >= 11 is 7.46. The molecule has 1 saturated heterocycles. The standard InChI is InChI=1S/C22H20ClN3O2S/c23-18-11-4-3-10-17(18)20(27)24-16-9-5-6-14(12-16)13-19-21(28)26-22(29-19)25-15-7-1-2-8-15/h3-6,9-13,15H,1-2,7-8H2,(H,24,27)(H,25,26,28)/b19-13-. The Balaban J connectivity index is 1.48. The molecule has 0 radical (unpaired) electrons. The summed E-state index contributed by atoms with van der Waals surface area (Å²) in [6, 6.07) is 14.6. The molecule has 0 spiro atoms. The van der Waals surface area contributed by atoms with E-state index in [9.17, 15) is 9.59 Å². The van der Waals surface area contributed by atoms with Gasteiger partial charge in [-0.1, -0.05) is 48.7 Å². The van der Waals surface area contributed by atoms with Crippen LogP contribution in [0.3, 0.4) is 0 Å². The van der Waals surface area contributed by atoms with Crippen molar-refractivity contribution in [3.63, 3.8) is 0 Å². The molecule has 2 amide bonds. The monoisotopic (exact) mass is 425 g/mol. The summed E-state index contributed by atoms with van der Waals surface area (Å²) in [5.41, 5.74) is 1.87. The van der Waals surface area contributed by atoms with Gasteiger partial charge in [-0.3, -0.25) is 14.6 Å². The zero-order chi connectivity index (χ0) is 20.2. The van der Waals surface area contributed by atoms with Crippen LogP contribution in [0.5, 0.6) is 0 Å². The number of benzene rings is 2. The Morgan fingerprint density at radius 2 is 1.97 bits per heavy atom. The third-order valence-corrected chi connectivity index (χ3v) is 6.09. The fraction of sp³-hybridized carbons (Fsp3) is 0.227. The number of carbonyl (C=O) groups is 2. The molecule has 2 aliphatic rings. The smallest absolute Gasteiger partial charge is 0.264 e. The van der Waals surface area contributed by atoms with Gasteiger partial charge in [0.1, 0.15) is 0 Å². The first-order chi connectivity index (χ1) is 14.1. The van der Waals surface area contributed by atoms with E-state index in [2.05, 4.69) is 15.6 Å². The molecule has 7 heteroatoms. The van der Waals surface area contributed by atoms with Crippen LogP contribution in [0, 0.1) is 0 Å². The number of aliphatic imine (C=N–C) groups is 1. The summed E-state index contributed by atoms with van der Waals surface area (Å²) in [5, 5.41) is 6.77. The number of nitrogens with zero attached hydrogens (tertiary/aromatic N) is 1. The van der Waals surface area contributed by atoms with Crippen molar-refractivity contribution in [1.82, 2.24) is 5.32 Å². The molecule has 5 nitrogen and oxygen atoms in total. The maximum absolute atomic E-state index is 12.5. The first-order valence-electron chi connectivity index (χ1n) is 9.53. The second-order valence-corrected chi connectivity index (χ2v) is 8.43. The Hall–Kier alpha value is -2.57. The molecule has 0 unspecified atom stereocenters. The molecule has 2 aromatic carbocycles. The van der Waals surface area contributed by atoms with Crippen molar-refractivity contribution in [3.8, 4) is 0 Å². The molecule has 148 valence electrons. The highest BCUT2D eigenvalue weighted by molar-refractivity contribution is 8.18. The van der Waals surface area contributed by atoms with Crippen LogP contribution in [0.25, 0.3) is 6.08 Å². The van der Waals surface area contributed by atoms with Crippen molar-refractivity contribution < 1.29 is 9.59 Å². The Morgan fingerprint density at radius 3 is 2.76 bits per heavy atom. The quantitative estimate of drug-likeness (QED) is 0.670. The van der Waals surface area contributed by atoms with Gasteiger partial charge in [-0.15, -0.1) is 0 Å². The van der Waals surface area contributed by atoms with E-state index in [4.69, 9.17) is 11.6 Å². The minimum Gasteiger partial charge on any atom is -0.322 e. The number of halogens is 1. The van der Waals surface area contributed by atoms with Gasteiger partial charge in [0, 0.05) is 5.69 Å². The van der Waals surface area contributed by atoms with Crippen molar-refractivity contribution in [1.29, 1.82) is 0 Å². The lowest BCUT2D eigenvalue weighted by Crippen LogP contribution is -2.21. The lowest BCUT2D eigenvalue weighted by molar-refractivity contribution is -0.115. The average Bonchev–Trinajstić information content (AvgIpc) is 3.32. The molecule has 1 saturated carbocycles. The molecule has 4 rings (SSSR count). The summed E-state index contributed by atoms with van der Waals surface area (Å²) in [5.74, 6) is -0.420. The van der Waals surface area contributed by atoms with Crippen molar-refractivity contribution in [3.05, 3.63) is 69.6 Å². The molecule has 2 fully saturated rings. The summed E-state index contributed by atoms with van der Waals surface area (Å²) in [6.45, 7) is 0. The third kappa shape index (κ3) is 4.89. The molecule has 1 heterocycles. The summed E-state index contributed by atoms with van der Waals surface area (Å²) in [7, 11) is 0. The van der Waals surface area contributed by atoms with E-state index < -0.39 is 0 Å². The van der Waals surface area contributed by atoms with Gasteiger partial charge in [0.15, 0.2) is 5.17 Å². The number of hydrogen-bond acceptors (Lipinski definition) is 4. The van der Waals surface area contributed by atoms with Gasteiger partial charge in [0.25, 0.3) is 11.8 Å². The minimum atomic E-state index is -0.278. The highest BCUT2D eigenvalue weighted by Gasteiger charge is 2.25. The number of nitrogens with one attached hydrogen (secondary N) is 2. The average molecular weight is 426 g/mol. The maximum atomic E-state index is 12.5. The Kier molecular flexibility index (Phi) is 6.02. The van der Waals surface area contributed by atoms with E-state index in [0.717, 1.165) is 18.4 Å². The van der Waals surface area contributed by atoms with Gasteiger partial charge in [0.2, 0.25) is 0 Å². The zero-order valence-corrected chi connectivity index (χ0v) is 17.2. The van der Waals surface area contributed by atoms with E-state index >= 15 is 0 Å². The van der Waals surface area contributed by atoms with Gasteiger partial charge in [-0.2, -0.15) is 0 Å². The van der Waals surface area contributed by atoms with Gasteiger partial charge in [-0.05, 0) is 60.5 Å². The van der Waals surface area contributed by atoms with Crippen LogP contribution in [-0.2, 0) is 4.79 Å². The second-order valence-electron chi connectivity index (χ2n) is 7.00. The van der Waals surface area contributed by atoms with Crippen LogP contribution in [0.2, 0.25) is 5.02 Å². The fourth-order valence-electron chi connectivity index (χ4n) is 3.39. The first-order valence-corrected chi connectivity index (χ1v) is 10.7. The lowest BCUT2D eigenvalue weighted by Gasteiger charge is -2.07. The summed E-state index contributed by atoms with van der Waals surface area (Å²) in [6.07, 6.45) is 6.39. The summed E-state index contributed by atoms with van der Waals surface area (Å²) in [4.78, 5) is 30.0. The maximum Gasteiger partial charge on any atom is 0.264 e. The van der Waals surface area contributed by atoms with Gasteiger partial charge in [-0.25, -0.2) is 0 Å². The lowest BCUT2D eigenvalue weighted by atomic mass is 10.1. The van der Waals surface area contributed by atoms with Crippen molar-refractivity contribution >= 4 is 52.1 Å². The van der Waals surface area contributed by atoms with E-state index in [1.165, 1.54) is 24.6 Å². The predicted molar refractivity (Wildman–Crippen MR) is 119 cm³/mol. The third-order valence-electron chi connectivity index (χ3n) is 4.84. The molecular weight excluding hydrogens is 406 g/mol. The molecule has 0 atom stereocenters. The molecule has 1 aliphatic carbocycles. The highest BCUT2D eigenvalue weighted by atomic mass is 35.5. The number of hydrogen-bond donors (Lipinski definition) is 2. The number of rotatable bonds is 4. The van der Waals surface area contributed by atoms with Gasteiger partial charge < -0.3 is 10.6 Å². The SMILES string of the molecule is O=C1NC(=NC2CCCC2)S/C1=C\c1cccc(NC(=O)c2ccccc2Cl)c1. The molecule has 0 aromatic heterocycles. The number of amidine groups is 1. The number of anilines is 1. The van der Waals surface area contributed by atoms with Crippen molar-refractivity contribution in [2.45, 2.75) is 31.7 Å². The molecule has 0 bridgehead atoms. The number of amides is 2. The molecule has 2 N–H and O–H groups in total. The molecule has 29 heavy (non-hydrogen) atoms.